The van der Waals surface area contributed by atoms with Crippen LogP contribution in [0.1, 0.15) is 12.5 Å². The molecule has 3 nitrogen and oxygen atoms in total. The second kappa shape index (κ2) is 5.47. The van der Waals surface area contributed by atoms with E-state index in [2.05, 4.69) is 12.0 Å². The fraction of sp³-hybridized carbons (Fsp3) is 0.250. The maximum Gasteiger partial charge on any atom is 0.135 e. The van der Waals surface area contributed by atoms with E-state index in [0.717, 1.165) is 27.1 Å². The second-order valence-electron chi connectivity index (χ2n) is 3.61. The summed E-state index contributed by atoms with van der Waals surface area (Å²) in [5.74, 6) is 1.71. The zero-order valence-electron chi connectivity index (χ0n) is 9.56. The molecule has 2 rings (SSSR count). The van der Waals surface area contributed by atoms with E-state index in [0.29, 0.717) is 6.54 Å². The molecule has 17 heavy (non-hydrogen) atoms. The maximum absolute atomic E-state index is 6.02. The Labute approximate surface area is 110 Å². The Bertz CT molecular complexity index is 510. The third kappa shape index (κ3) is 2.96. The van der Waals surface area contributed by atoms with E-state index in [1.807, 2.05) is 30.5 Å². The molecule has 0 amide bonds. The molecule has 0 saturated carbocycles. The minimum Gasteiger partial charge on any atom is -0.383 e. The summed E-state index contributed by atoms with van der Waals surface area (Å²) in [5, 5.41) is 5.02. The van der Waals surface area contributed by atoms with Crippen molar-refractivity contribution in [1.29, 1.82) is 0 Å². The third-order valence-electron chi connectivity index (χ3n) is 2.37. The van der Waals surface area contributed by atoms with Gasteiger partial charge in [-0.1, -0.05) is 30.7 Å². The number of thioether (sulfide) groups is 1. The Balaban J connectivity index is 2.19. The van der Waals surface area contributed by atoms with Crippen LogP contribution >= 0.6 is 23.4 Å². The molecule has 2 aromatic rings. The number of anilines is 1. The number of benzene rings is 1. The first-order chi connectivity index (χ1) is 8.20. The second-order valence-corrected chi connectivity index (χ2v) is 5.36. The summed E-state index contributed by atoms with van der Waals surface area (Å²) in [6.45, 7) is 2.75. The van der Waals surface area contributed by atoms with Gasteiger partial charge < -0.3 is 5.73 Å². The molecular formula is C12H14ClN3S. The van der Waals surface area contributed by atoms with Gasteiger partial charge in [0.05, 0.1) is 17.6 Å². The summed E-state index contributed by atoms with van der Waals surface area (Å²) in [6.07, 6.45) is 1.81. The highest BCUT2D eigenvalue weighted by Crippen LogP contribution is 2.24. The molecule has 5 heteroatoms. The fourth-order valence-corrected chi connectivity index (χ4v) is 2.48. The molecule has 0 aliphatic heterocycles. The quantitative estimate of drug-likeness (QED) is 0.865. The van der Waals surface area contributed by atoms with Gasteiger partial charge in [-0.3, -0.25) is 0 Å². The molecule has 1 aromatic heterocycles. The van der Waals surface area contributed by atoms with Crippen LogP contribution in [0.25, 0.3) is 0 Å². The van der Waals surface area contributed by atoms with Gasteiger partial charge in [0.15, 0.2) is 0 Å². The first-order valence-corrected chi connectivity index (χ1v) is 6.75. The lowest BCUT2D eigenvalue weighted by molar-refractivity contribution is 0.696. The topological polar surface area (TPSA) is 43.8 Å². The lowest BCUT2D eigenvalue weighted by atomic mass is 10.2. The van der Waals surface area contributed by atoms with Crippen molar-refractivity contribution in [2.24, 2.45) is 0 Å². The molecule has 0 saturated heterocycles. The Kier molecular flexibility index (Phi) is 3.97. The molecule has 1 aromatic carbocycles. The van der Waals surface area contributed by atoms with Crippen molar-refractivity contribution in [2.75, 3.05) is 11.5 Å². The van der Waals surface area contributed by atoms with Gasteiger partial charge in [0.25, 0.3) is 0 Å². The zero-order chi connectivity index (χ0) is 12.3. The van der Waals surface area contributed by atoms with Crippen molar-refractivity contribution in [2.45, 2.75) is 18.4 Å². The van der Waals surface area contributed by atoms with E-state index in [-0.39, 0.29) is 0 Å². The van der Waals surface area contributed by atoms with Gasteiger partial charge in [0.1, 0.15) is 5.82 Å². The van der Waals surface area contributed by atoms with Gasteiger partial charge in [-0.25, -0.2) is 4.68 Å². The van der Waals surface area contributed by atoms with Crippen LogP contribution in [0, 0.1) is 0 Å². The maximum atomic E-state index is 6.02. The van der Waals surface area contributed by atoms with Crippen LogP contribution in [0.4, 0.5) is 5.82 Å². The summed E-state index contributed by atoms with van der Waals surface area (Å²) >= 11 is 7.64. The molecule has 0 atom stereocenters. The highest BCUT2D eigenvalue weighted by Gasteiger charge is 2.07. The number of aromatic nitrogens is 2. The molecule has 0 aliphatic carbocycles. The largest absolute Gasteiger partial charge is 0.383 e. The molecule has 0 unspecified atom stereocenters. The average Bonchev–Trinajstić information content (AvgIpc) is 2.62. The summed E-state index contributed by atoms with van der Waals surface area (Å²) in [5.41, 5.74) is 7.12. The van der Waals surface area contributed by atoms with Gasteiger partial charge in [-0.15, -0.1) is 11.8 Å². The third-order valence-corrected chi connectivity index (χ3v) is 3.52. The zero-order valence-corrected chi connectivity index (χ0v) is 11.1. The highest BCUT2D eigenvalue weighted by atomic mass is 35.5. The van der Waals surface area contributed by atoms with Crippen molar-refractivity contribution in [3.63, 3.8) is 0 Å². The average molecular weight is 268 g/mol. The predicted octanol–water partition coefficient (Wildman–Crippen LogP) is 3.28. The first kappa shape index (κ1) is 12.3. The van der Waals surface area contributed by atoms with Gasteiger partial charge in [-0.05, 0) is 23.4 Å². The monoisotopic (exact) mass is 267 g/mol. The van der Waals surface area contributed by atoms with Crippen LogP contribution in [-0.2, 0) is 6.54 Å². The summed E-state index contributed by atoms with van der Waals surface area (Å²) in [4.78, 5) is 1.04. The van der Waals surface area contributed by atoms with Crippen LogP contribution in [-0.4, -0.2) is 15.5 Å². The van der Waals surface area contributed by atoms with Crippen LogP contribution in [0.2, 0.25) is 5.02 Å². The van der Waals surface area contributed by atoms with Crippen molar-refractivity contribution in [3.05, 3.63) is 41.0 Å². The normalized spacial score (nSPS) is 10.7. The summed E-state index contributed by atoms with van der Waals surface area (Å²) < 4.78 is 1.80. The first-order valence-electron chi connectivity index (χ1n) is 5.39. The Morgan fingerprint density at radius 1 is 1.47 bits per heavy atom. The van der Waals surface area contributed by atoms with Crippen LogP contribution in [0.15, 0.2) is 35.4 Å². The van der Waals surface area contributed by atoms with E-state index in [1.54, 1.807) is 16.4 Å². The van der Waals surface area contributed by atoms with E-state index >= 15 is 0 Å². The van der Waals surface area contributed by atoms with Crippen molar-refractivity contribution in [3.8, 4) is 0 Å². The standard InChI is InChI=1S/C12H14ClN3S/c1-2-17-11-7-15-16(12(11)14)8-9-4-3-5-10(13)6-9/h3-7H,2,8,14H2,1H3. The fourth-order valence-electron chi connectivity index (χ4n) is 1.58. The Morgan fingerprint density at radius 2 is 2.29 bits per heavy atom. The smallest absolute Gasteiger partial charge is 0.135 e. The van der Waals surface area contributed by atoms with E-state index in [1.165, 1.54) is 0 Å². The molecule has 0 fully saturated rings. The van der Waals surface area contributed by atoms with E-state index in [9.17, 15) is 0 Å². The van der Waals surface area contributed by atoms with Crippen LogP contribution in [0.5, 0.6) is 0 Å². The number of hydrogen-bond acceptors (Lipinski definition) is 3. The molecule has 0 aliphatic rings. The molecule has 0 bridgehead atoms. The van der Waals surface area contributed by atoms with Crippen molar-refractivity contribution >= 4 is 29.2 Å². The Morgan fingerprint density at radius 3 is 3.00 bits per heavy atom. The van der Waals surface area contributed by atoms with E-state index in [4.69, 9.17) is 17.3 Å². The van der Waals surface area contributed by atoms with Gasteiger partial charge in [-0.2, -0.15) is 5.10 Å². The number of nitrogen functional groups attached to an aromatic ring is 1. The highest BCUT2D eigenvalue weighted by molar-refractivity contribution is 7.99. The number of nitrogens with two attached hydrogens (primary N) is 1. The van der Waals surface area contributed by atoms with Crippen LogP contribution < -0.4 is 5.73 Å². The van der Waals surface area contributed by atoms with Crippen LogP contribution in [0.3, 0.4) is 0 Å². The Hall–Kier alpha value is -1.13. The summed E-state index contributed by atoms with van der Waals surface area (Å²) in [7, 11) is 0. The van der Waals surface area contributed by atoms with Gasteiger partial charge in [0.2, 0.25) is 0 Å². The molecular weight excluding hydrogens is 254 g/mol. The molecule has 0 spiro atoms. The SMILES string of the molecule is CCSc1cnn(Cc2cccc(Cl)c2)c1N. The predicted molar refractivity (Wildman–Crippen MR) is 73.6 cm³/mol. The summed E-state index contributed by atoms with van der Waals surface area (Å²) in [6, 6.07) is 7.73. The molecule has 1 heterocycles. The van der Waals surface area contributed by atoms with Crippen molar-refractivity contribution in [1.82, 2.24) is 9.78 Å². The number of halogens is 1. The lowest BCUT2D eigenvalue weighted by Gasteiger charge is -2.05. The van der Waals surface area contributed by atoms with Crippen molar-refractivity contribution < 1.29 is 0 Å². The lowest BCUT2D eigenvalue weighted by Crippen LogP contribution is -2.06. The number of nitrogens with zero attached hydrogens (tertiary/aromatic N) is 2. The minimum absolute atomic E-state index is 0.649. The van der Waals surface area contributed by atoms with Gasteiger partial charge >= 0.3 is 0 Å². The van der Waals surface area contributed by atoms with Gasteiger partial charge in [0, 0.05) is 5.02 Å². The number of hydrogen-bond donors (Lipinski definition) is 1. The molecule has 90 valence electrons. The minimum atomic E-state index is 0.649. The molecule has 0 radical (unpaired) electrons. The van der Waals surface area contributed by atoms with E-state index < -0.39 is 0 Å². The number of rotatable bonds is 4. The molecule has 2 N–H and O–H groups in total.